The molecule has 3 N–H and O–H groups in total. The molecule has 0 heterocycles. The minimum absolute atomic E-state index is 0.392. The molecule has 7 nitrogen and oxygen atoms in total. The van der Waals surface area contributed by atoms with Gasteiger partial charge in [-0.05, 0) is 30.7 Å². The maximum Gasteiger partial charge on any atom is 0.338 e. The molecular formula is C18H28N3O4+. The quantitative estimate of drug-likeness (QED) is 0.338. The van der Waals surface area contributed by atoms with Gasteiger partial charge >= 0.3 is 17.8 Å². The molecule has 0 unspecified atom stereocenters. The smallest absolute Gasteiger partial charge is 0.338 e. The van der Waals surface area contributed by atoms with Crippen molar-refractivity contribution in [1.82, 2.24) is 5.32 Å². The number of benzene rings is 1. The molecule has 0 spiro atoms. The van der Waals surface area contributed by atoms with Crippen molar-refractivity contribution in [2.24, 2.45) is 0 Å². The minimum atomic E-state index is -0.726. The van der Waals surface area contributed by atoms with E-state index in [2.05, 4.69) is 10.6 Å². The first-order valence-corrected chi connectivity index (χ1v) is 8.59. The van der Waals surface area contributed by atoms with E-state index in [4.69, 9.17) is 4.74 Å². The molecule has 25 heavy (non-hydrogen) atoms. The summed E-state index contributed by atoms with van der Waals surface area (Å²) in [5.41, 5.74) is 0.854. The maximum atomic E-state index is 11.8. The fourth-order valence-corrected chi connectivity index (χ4v) is 1.99. The first kappa shape index (κ1) is 20.6. The highest BCUT2D eigenvalue weighted by molar-refractivity contribution is 6.39. The third-order valence-corrected chi connectivity index (χ3v) is 3.45. The van der Waals surface area contributed by atoms with Gasteiger partial charge in [0, 0.05) is 18.7 Å². The second-order valence-corrected chi connectivity index (χ2v) is 6.09. The fourth-order valence-electron chi connectivity index (χ4n) is 1.99. The van der Waals surface area contributed by atoms with E-state index >= 15 is 0 Å². The van der Waals surface area contributed by atoms with Crippen molar-refractivity contribution in [3.8, 4) is 0 Å². The Balaban J connectivity index is 2.42. The van der Waals surface area contributed by atoms with E-state index in [-0.39, 0.29) is 0 Å². The van der Waals surface area contributed by atoms with Gasteiger partial charge in [0.05, 0.1) is 32.8 Å². The van der Waals surface area contributed by atoms with Crippen LogP contribution in [0, 0.1) is 0 Å². The number of carbonyl (C=O) groups is 3. The summed E-state index contributed by atoms with van der Waals surface area (Å²) in [6, 6.07) is 6.25. The van der Waals surface area contributed by atoms with E-state index < -0.39 is 17.8 Å². The molecule has 0 aliphatic heterocycles. The van der Waals surface area contributed by atoms with Crippen molar-refractivity contribution in [3.05, 3.63) is 29.8 Å². The Bertz CT molecular complexity index is 570. The van der Waals surface area contributed by atoms with Crippen LogP contribution in [0.1, 0.15) is 36.5 Å². The van der Waals surface area contributed by atoms with E-state index in [0.717, 1.165) is 25.8 Å². The molecule has 0 aromatic heterocycles. The van der Waals surface area contributed by atoms with Crippen LogP contribution >= 0.6 is 0 Å². The lowest BCUT2D eigenvalue weighted by atomic mass is 10.2. The summed E-state index contributed by atoms with van der Waals surface area (Å²) in [6.45, 7) is 3.78. The number of quaternary nitrogens is 1. The number of nitrogens with one attached hydrogen (secondary N) is 3. The first-order valence-electron chi connectivity index (χ1n) is 8.59. The summed E-state index contributed by atoms with van der Waals surface area (Å²) < 4.78 is 5.11. The van der Waals surface area contributed by atoms with Crippen LogP contribution in [-0.4, -0.2) is 51.6 Å². The van der Waals surface area contributed by atoms with E-state index in [1.165, 1.54) is 4.90 Å². The molecule has 1 rings (SSSR count). The van der Waals surface area contributed by atoms with Crippen LogP contribution in [0.25, 0.3) is 0 Å². The second-order valence-electron chi connectivity index (χ2n) is 6.09. The molecule has 0 radical (unpaired) electrons. The molecule has 0 atom stereocenters. The Labute approximate surface area is 148 Å². The molecule has 138 valence electrons. The van der Waals surface area contributed by atoms with Gasteiger partial charge in [-0.25, -0.2) is 4.79 Å². The van der Waals surface area contributed by atoms with Gasteiger partial charge in [-0.3, -0.25) is 9.59 Å². The highest BCUT2D eigenvalue weighted by Crippen LogP contribution is 2.10. The van der Waals surface area contributed by atoms with Crippen molar-refractivity contribution >= 4 is 23.5 Å². The Kier molecular flexibility index (Phi) is 9.24. The Morgan fingerprint density at radius 2 is 1.72 bits per heavy atom. The zero-order chi connectivity index (χ0) is 18.7. The highest BCUT2D eigenvalue weighted by atomic mass is 16.5. The predicted octanol–water partition coefficient (Wildman–Crippen LogP) is 0.233. The lowest BCUT2D eigenvalue weighted by Crippen LogP contribution is -3.05. The highest BCUT2D eigenvalue weighted by Gasteiger charge is 2.14. The number of ether oxygens (including phenoxy) is 1. The number of unbranched alkanes of at least 4 members (excludes halogenated alkanes) is 1. The van der Waals surface area contributed by atoms with E-state index in [9.17, 15) is 14.4 Å². The molecule has 7 heteroatoms. The monoisotopic (exact) mass is 350 g/mol. The summed E-state index contributed by atoms with van der Waals surface area (Å²) in [5, 5.41) is 5.08. The summed E-state index contributed by atoms with van der Waals surface area (Å²) >= 11 is 0. The third-order valence-electron chi connectivity index (χ3n) is 3.45. The number of hydrogen-bond donors (Lipinski definition) is 3. The van der Waals surface area contributed by atoms with Crippen molar-refractivity contribution in [2.75, 3.05) is 39.1 Å². The maximum absolute atomic E-state index is 11.8. The molecule has 0 aliphatic carbocycles. The summed E-state index contributed by atoms with van der Waals surface area (Å²) in [5.74, 6) is -1.79. The molecule has 1 aromatic carbocycles. The van der Waals surface area contributed by atoms with Gasteiger partial charge in [0.25, 0.3) is 0 Å². The summed E-state index contributed by atoms with van der Waals surface area (Å²) in [6.07, 6.45) is 2.58. The molecule has 0 fully saturated rings. The van der Waals surface area contributed by atoms with E-state index in [1.807, 2.05) is 21.0 Å². The van der Waals surface area contributed by atoms with Crippen LogP contribution in [0.3, 0.4) is 0 Å². The van der Waals surface area contributed by atoms with Gasteiger partial charge in [-0.1, -0.05) is 13.3 Å². The lowest BCUT2D eigenvalue weighted by Gasteiger charge is -2.09. The van der Waals surface area contributed by atoms with Crippen molar-refractivity contribution < 1.29 is 24.0 Å². The lowest BCUT2D eigenvalue weighted by molar-refractivity contribution is -0.858. The van der Waals surface area contributed by atoms with Crippen LogP contribution in [0.4, 0.5) is 5.69 Å². The molecule has 0 bridgehead atoms. The van der Waals surface area contributed by atoms with Gasteiger partial charge in [0.1, 0.15) is 0 Å². The largest absolute Gasteiger partial charge is 0.462 e. The molecule has 0 aliphatic rings. The number of rotatable bonds is 9. The van der Waals surface area contributed by atoms with Crippen molar-refractivity contribution in [1.29, 1.82) is 0 Å². The number of anilines is 1. The van der Waals surface area contributed by atoms with Gasteiger partial charge in [-0.15, -0.1) is 0 Å². The Morgan fingerprint density at radius 1 is 1.04 bits per heavy atom. The standard InChI is InChI=1S/C18H27N3O4/c1-4-5-13-25-18(24)14-7-9-15(10-8-14)20-17(23)16(22)19-11-6-12-21(2)3/h7-10H,4-6,11-13H2,1-3H3,(H,19,22)(H,20,23)/p+1. The minimum Gasteiger partial charge on any atom is -0.462 e. The zero-order valence-corrected chi connectivity index (χ0v) is 15.2. The SMILES string of the molecule is CCCCOC(=O)c1ccc(NC(=O)C(=O)NCCC[NH+](C)C)cc1. The number of amides is 2. The zero-order valence-electron chi connectivity index (χ0n) is 15.2. The second kappa shape index (κ2) is 11.2. The number of esters is 1. The fraction of sp³-hybridized carbons (Fsp3) is 0.500. The molecular weight excluding hydrogens is 322 g/mol. The third kappa shape index (κ3) is 8.30. The normalized spacial score (nSPS) is 10.4. The average molecular weight is 350 g/mol. The van der Waals surface area contributed by atoms with Crippen LogP contribution in [0.5, 0.6) is 0 Å². The van der Waals surface area contributed by atoms with E-state index in [0.29, 0.717) is 24.4 Å². The van der Waals surface area contributed by atoms with Gasteiger partial charge in [0.15, 0.2) is 0 Å². The van der Waals surface area contributed by atoms with Gasteiger partial charge in [-0.2, -0.15) is 0 Å². The predicted molar refractivity (Wildman–Crippen MR) is 95.6 cm³/mol. The van der Waals surface area contributed by atoms with Crippen LogP contribution < -0.4 is 15.5 Å². The summed E-state index contributed by atoms with van der Waals surface area (Å²) in [7, 11) is 4.05. The topological polar surface area (TPSA) is 88.9 Å². The summed E-state index contributed by atoms with van der Waals surface area (Å²) in [4.78, 5) is 36.6. The molecule has 1 aromatic rings. The Hall–Kier alpha value is -2.41. The van der Waals surface area contributed by atoms with Gasteiger partial charge in [0.2, 0.25) is 0 Å². The van der Waals surface area contributed by atoms with Crippen LogP contribution in [0.15, 0.2) is 24.3 Å². The molecule has 2 amide bonds. The average Bonchev–Trinajstić information content (AvgIpc) is 2.59. The Morgan fingerprint density at radius 3 is 2.32 bits per heavy atom. The first-order chi connectivity index (χ1) is 11.9. The van der Waals surface area contributed by atoms with Gasteiger partial charge < -0.3 is 20.3 Å². The number of hydrogen-bond acceptors (Lipinski definition) is 4. The van der Waals surface area contributed by atoms with Crippen LogP contribution in [-0.2, 0) is 14.3 Å². The number of carbonyl (C=O) groups excluding carboxylic acids is 3. The van der Waals surface area contributed by atoms with Crippen LogP contribution in [0.2, 0.25) is 0 Å². The van der Waals surface area contributed by atoms with Crippen molar-refractivity contribution in [3.63, 3.8) is 0 Å². The van der Waals surface area contributed by atoms with Crippen molar-refractivity contribution in [2.45, 2.75) is 26.2 Å². The molecule has 0 saturated carbocycles. The van der Waals surface area contributed by atoms with E-state index in [1.54, 1.807) is 24.3 Å². The molecule has 0 saturated heterocycles.